The predicted octanol–water partition coefficient (Wildman–Crippen LogP) is 1.77. The molecule has 0 amide bonds. The zero-order chi connectivity index (χ0) is 14.0. The third-order valence-electron chi connectivity index (χ3n) is 2.41. The monoisotopic (exact) mass is 251 g/mol. The maximum atomic E-state index is 12.1. The molecule has 1 atom stereocenters. The van der Waals surface area contributed by atoms with Gasteiger partial charge in [0.05, 0.1) is 5.69 Å². The summed E-state index contributed by atoms with van der Waals surface area (Å²) < 4.78 is 5.16. The van der Waals surface area contributed by atoms with Crippen LogP contribution in [-0.2, 0) is 19.7 Å². The summed E-state index contributed by atoms with van der Waals surface area (Å²) in [6.07, 6.45) is 1.45. The first-order chi connectivity index (χ1) is 8.18. The molecule has 0 saturated carbocycles. The quantitative estimate of drug-likeness (QED) is 0.654. The average Bonchev–Trinajstić information content (AvgIpc) is 2.26. The third kappa shape index (κ3) is 2.85. The molecule has 0 saturated heterocycles. The summed E-state index contributed by atoms with van der Waals surface area (Å²) in [4.78, 5) is 27.4. The number of aromatic nitrogens is 1. The number of aliphatic carboxylic acids is 1. The Hall–Kier alpha value is -1.91. The van der Waals surface area contributed by atoms with Gasteiger partial charge in [-0.15, -0.1) is 0 Å². The van der Waals surface area contributed by atoms with E-state index in [-0.39, 0.29) is 5.69 Å². The third-order valence-corrected chi connectivity index (χ3v) is 2.41. The van der Waals surface area contributed by atoms with Gasteiger partial charge in [0.1, 0.15) is 5.60 Å². The molecule has 1 rings (SSSR count). The van der Waals surface area contributed by atoms with Crippen LogP contribution in [0, 0.1) is 0 Å². The molecule has 0 radical (unpaired) electrons. The standard InChI is InChI=1S/C13H17NO4/c1-12(2,3)18-11(17)13(4,10(15)16)9-7-5-6-8-14-9/h5-8H,1-4H3,(H,15,16)/t13-/m1/s1. The maximum Gasteiger partial charge on any atom is 0.329 e. The van der Waals surface area contributed by atoms with Gasteiger partial charge in [-0.1, -0.05) is 6.07 Å². The van der Waals surface area contributed by atoms with Gasteiger partial charge in [-0.25, -0.2) is 0 Å². The van der Waals surface area contributed by atoms with E-state index in [2.05, 4.69) is 4.98 Å². The van der Waals surface area contributed by atoms with Gasteiger partial charge >= 0.3 is 11.9 Å². The Morgan fingerprint density at radius 1 is 1.22 bits per heavy atom. The van der Waals surface area contributed by atoms with Gasteiger partial charge in [0.2, 0.25) is 5.41 Å². The van der Waals surface area contributed by atoms with Gasteiger partial charge in [-0.05, 0) is 39.8 Å². The van der Waals surface area contributed by atoms with Crippen molar-refractivity contribution in [2.75, 3.05) is 0 Å². The first-order valence-electron chi connectivity index (χ1n) is 5.56. The van der Waals surface area contributed by atoms with Crippen LogP contribution >= 0.6 is 0 Å². The molecule has 1 aromatic heterocycles. The highest BCUT2D eigenvalue weighted by molar-refractivity contribution is 6.04. The van der Waals surface area contributed by atoms with E-state index >= 15 is 0 Å². The number of pyridine rings is 1. The lowest BCUT2D eigenvalue weighted by atomic mass is 9.86. The van der Waals surface area contributed by atoms with Crippen LogP contribution in [0.5, 0.6) is 0 Å². The highest BCUT2D eigenvalue weighted by Gasteiger charge is 2.47. The van der Waals surface area contributed by atoms with Crippen molar-refractivity contribution >= 4 is 11.9 Å². The minimum Gasteiger partial charge on any atom is -0.480 e. The Bertz CT molecular complexity index is 450. The van der Waals surface area contributed by atoms with E-state index in [1.807, 2.05) is 0 Å². The molecule has 1 aromatic rings. The van der Waals surface area contributed by atoms with Gasteiger partial charge in [0.15, 0.2) is 0 Å². The second kappa shape index (κ2) is 4.76. The molecule has 0 aliphatic heterocycles. The molecular formula is C13H17NO4. The van der Waals surface area contributed by atoms with Gasteiger partial charge in [0, 0.05) is 6.20 Å². The Kier molecular flexibility index (Phi) is 3.74. The van der Waals surface area contributed by atoms with Crippen LogP contribution in [0.15, 0.2) is 24.4 Å². The highest BCUT2D eigenvalue weighted by Crippen LogP contribution is 2.26. The van der Waals surface area contributed by atoms with Gasteiger partial charge in [-0.3, -0.25) is 14.6 Å². The number of carboxylic acid groups (broad SMARTS) is 1. The van der Waals surface area contributed by atoms with Crippen molar-refractivity contribution in [1.82, 2.24) is 4.98 Å². The zero-order valence-electron chi connectivity index (χ0n) is 10.9. The van der Waals surface area contributed by atoms with E-state index in [1.54, 1.807) is 32.9 Å². The van der Waals surface area contributed by atoms with Crippen molar-refractivity contribution in [2.24, 2.45) is 0 Å². The number of hydrogen-bond acceptors (Lipinski definition) is 4. The van der Waals surface area contributed by atoms with Crippen molar-refractivity contribution in [3.63, 3.8) is 0 Å². The van der Waals surface area contributed by atoms with Crippen LogP contribution in [0.3, 0.4) is 0 Å². The molecule has 0 aromatic carbocycles. The number of nitrogens with zero attached hydrogens (tertiary/aromatic N) is 1. The number of ether oxygens (including phenoxy) is 1. The zero-order valence-corrected chi connectivity index (χ0v) is 10.9. The molecule has 0 aliphatic carbocycles. The molecule has 1 heterocycles. The summed E-state index contributed by atoms with van der Waals surface area (Å²) in [7, 11) is 0. The molecule has 0 aliphatic rings. The lowest BCUT2D eigenvalue weighted by Gasteiger charge is -2.27. The Balaban J connectivity index is 3.17. The molecule has 0 bridgehead atoms. The Morgan fingerprint density at radius 2 is 1.83 bits per heavy atom. The van der Waals surface area contributed by atoms with Crippen molar-refractivity contribution in [1.29, 1.82) is 0 Å². The molecule has 0 fully saturated rings. The normalized spacial score (nSPS) is 14.7. The summed E-state index contributed by atoms with van der Waals surface area (Å²) in [6.45, 7) is 6.36. The topological polar surface area (TPSA) is 76.5 Å². The molecule has 0 spiro atoms. The lowest BCUT2D eigenvalue weighted by molar-refractivity contribution is -0.169. The summed E-state index contributed by atoms with van der Waals surface area (Å²) >= 11 is 0. The van der Waals surface area contributed by atoms with Gasteiger partial charge in [0.25, 0.3) is 0 Å². The minimum absolute atomic E-state index is 0.159. The molecular weight excluding hydrogens is 234 g/mol. The SMILES string of the molecule is CC(C)(C)OC(=O)[C@@](C)(C(=O)O)c1ccccn1. The molecule has 5 heteroatoms. The Morgan fingerprint density at radius 3 is 2.22 bits per heavy atom. The van der Waals surface area contributed by atoms with Crippen LogP contribution in [0.25, 0.3) is 0 Å². The smallest absolute Gasteiger partial charge is 0.329 e. The van der Waals surface area contributed by atoms with Crippen LogP contribution in [0.2, 0.25) is 0 Å². The van der Waals surface area contributed by atoms with Crippen LogP contribution in [-0.4, -0.2) is 27.6 Å². The number of hydrogen-bond donors (Lipinski definition) is 1. The fourth-order valence-electron chi connectivity index (χ4n) is 1.34. The second-order valence-corrected chi connectivity index (χ2v) is 5.15. The van der Waals surface area contributed by atoms with Gasteiger partial charge < -0.3 is 9.84 Å². The van der Waals surface area contributed by atoms with E-state index in [0.29, 0.717) is 0 Å². The molecule has 0 unspecified atom stereocenters. The Labute approximate surface area is 106 Å². The van der Waals surface area contributed by atoms with Crippen LogP contribution in [0.1, 0.15) is 33.4 Å². The van der Waals surface area contributed by atoms with Crippen molar-refractivity contribution in [3.8, 4) is 0 Å². The van der Waals surface area contributed by atoms with E-state index < -0.39 is 23.0 Å². The number of carbonyl (C=O) groups is 2. The maximum absolute atomic E-state index is 12.1. The minimum atomic E-state index is -1.80. The van der Waals surface area contributed by atoms with E-state index in [0.717, 1.165) is 0 Å². The number of carbonyl (C=O) groups excluding carboxylic acids is 1. The molecule has 18 heavy (non-hydrogen) atoms. The average molecular weight is 251 g/mol. The fraction of sp³-hybridized carbons (Fsp3) is 0.462. The highest BCUT2D eigenvalue weighted by atomic mass is 16.6. The van der Waals surface area contributed by atoms with E-state index in [4.69, 9.17) is 4.74 Å². The number of carboxylic acids is 1. The lowest BCUT2D eigenvalue weighted by Crippen LogP contribution is -2.45. The molecule has 1 N–H and O–H groups in total. The summed E-state index contributed by atoms with van der Waals surface area (Å²) in [5.74, 6) is -2.10. The fourth-order valence-corrected chi connectivity index (χ4v) is 1.34. The van der Waals surface area contributed by atoms with Gasteiger partial charge in [-0.2, -0.15) is 0 Å². The largest absolute Gasteiger partial charge is 0.480 e. The summed E-state index contributed by atoms with van der Waals surface area (Å²) in [5, 5.41) is 9.31. The van der Waals surface area contributed by atoms with Crippen LogP contribution < -0.4 is 0 Å². The first kappa shape index (κ1) is 14.2. The first-order valence-corrected chi connectivity index (χ1v) is 5.56. The number of esters is 1. The van der Waals surface area contributed by atoms with Crippen molar-refractivity contribution < 1.29 is 19.4 Å². The second-order valence-electron chi connectivity index (χ2n) is 5.15. The van der Waals surface area contributed by atoms with Crippen molar-refractivity contribution in [2.45, 2.75) is 38.7 Å². The van der Waals surface area contributed by atoms with E-state index in [9.17, 15) is 14.7 Å². The van der Waals surface area contributed by atoms with Crippen molar-refractivity contribution in [3.05, 3.63) is 30.1 Å². The molecule has 98 valence electrons. The molecule has 5 nitrogen and oxygen atoms in total. The number of rotatable bonds is 3. The van der Waals surface area contributed by atoms with E-state index in [1.165, 1.54) is 19.2 Å². The predicted molar refractivity (Wildman–Crippen MR) is 65.1 cm³/mol. The summed E-state index contributed by atoms with van der Waals surface area (Å²) in [5.41, 5.74) is -2.39. The van der Waals surface area contributed by atoms with Crippen LogP contribution in [0.4, 0.5) is 0 Å². The summed E-state index contributed by atoms with van der Waals surface area (Å²) in [6, 6.07) is 4.78.